The molecule has 0 atom stereocenters. The quantitative estimate of drug-likeness (QED) is 0.723. The molecule has 0 unspecified atom stereocenters. The number of halogens is 2. The zero-order chi connectivity index (χ0) is 18.5. The predicted molar refractivity (Wildman–Crippen MR) is 101 cm³/mol. The van der Waals surface area contributed by atoms with Gasteiger partial charge in [-0.3, -0.25) is 10.4 Å². The number of hydrogen-bond acceptors (Lipinski definition) is 3. The number of aromatic nitrogens is 2. The Kier molecular flexibility index (Phi) is 3.53. The number of fused-ring (bicyclic) bond motifs is 1. The molecule has 0 amide bonds. The molecule has 1 aromatic heterocycles. The summed E-state index contributed by atoms with van der Waals surface area (Å²) in [4.78, 5) is 4.61. The van der Waals surface area contributed by atoms with E-state index in [9.17, 15) is 8.78 Å². The van der Waals surface area contributed by atoms with E-state index >= 15 is 0 Å². The van der Waals surface area contributed by atoms with E-state index < -0.39 is 0 Å². The van der Waals surface area contributed by atoms with Gasteiger partial charge in [0.25, 0.3) is 0 Å². The average Bonchev–Trinajstić information content (AvgIpc) is 3.42. The Balaban J connectivity index is 1.61. The van der Waals surface area contributed by atoms with Gasteiger partial charge in [-0.2, -0.15) is 0 Å². The van der Waals surface area contributed by atoms with Gasteiger partial charge in [0.2, 0.25) is 0 Å². The first-order valence-corrected chi connectivity index (χ1v) is 8.94. The molecule has 27 heavy (non-hydrogen) atoms. The van der Waals surface area contributed by atoms with Crippen molar-refractivity contribution in [3.05, 3.63) is 77.9 Å². The molecular formula is C21H18F2N4. The molecule has 2 aromatic carbocycles. The number of rotatable bonds is 3. The molecule has 1 saturated carbocycles. The van der Waals surface area contributed by atoms with E-state index in [1.807, 2.05) is 24.6 Å². The molecule has 5 rings (SSSR count). The minimum atomic E-state index is -0.340. The first-order valence-electron chi connectivity index (χ1n) is 8.94. The third kappa shape index (κ3) is 2.77. The fourth-order valence-corrected chi connectivity index (χ4v) is 3.51. The van der Waals surface area contributed by atoms with Crippen LogP contribution in [0.4, 0.5) is 14.6 Å². The van der Waals surface area contributed by atoms with Gasteiger partial charge in [0.05, 0.1) is 6.33 Å². The van der Waals surface area contributed by atoms with Crippen molar-refractivity contribution in [1.29, 1.82) is 0 Å². The van der Waals surface area contributed by atoms with Crippen LogP contribution < -0.4 is 5.43 Å². The lowest BCUT2D eigenvalue weighted by Gasteiger charge is -2.26. The standard InChI is InChI=1S/C21H18F2N4/c1-26-11-18(20-21(25-26)27(12-24-20)16-7-8-16)14-4-9-19(23)17(10-14)13-2-5-15(22)6-3-13/h2-6,9-12,16,25H,7-8H2,1H3. The summed E-state index contributed by atoms with van der Waals surface area (Å²) in [5.41, 5.74) is 7.07. The molecule has 1 fully saturated rings. The molecule has 4 nitrogen and oxygen atoms in total. The van der Waals surface area contributed by atoms with E-state index in [-0.39, 0.29) is 11.6 Å². The predicted octanol–water partition coefficient (Wildman–Crippen LogP) is 4.82. The van der Waals surface area contributed by atoms with Crippen LogP contribution in [0.1, 0.15) is 30.1 Å². The lowest BCUT2D eigenvalue weighted by Crippen LogP contribution is -2.25. The normalized spacial score (nSPS) is 16.0. The summed E-state index contributed by atoms with van der Waals surface area (Å²) in [5.74, 6) is 0.287. The van der Waals surface area contributed by atoms with Crippen LogP contribution in [-0.2, 0) is 0 Å². The van der Waals surface area contributed by atoms with Crippen molar-refractivity contribution in [2.45, 2.75) is 18.9 Å². The molecule has 6 heteroatoms. The van der Waals surface area contributed by atoms with E-state index in [2.05, 4.69) is 15.0 Å². The zero-order valence-electron chi connectivity index (χ0n) is 14.8. The summed E-state index contributed by atoms with van der Waals surface area (Å²) >= 11 is 0. The second-order valence-electron chi connectivity index (χ2n) is 7.05. The smallest absolute Gasteiger partial charge is 0.153 e. The van der Waals surface area contributed by atoms with Crippen LogP contribution in [0, 0.1) is 11.6 Å². The molecule has 2 heterocycles. The van der Waals surface area contributed by atoms with Crippen LogP contribution in [0.15, 0.2) is 55.0 Å². The lowest BCUT2D eigenvalue weighted by atomic mass is 9.97. The van der Waals surface area contributed by atoms with Gasteiger partial charge >= 0.3 is 0 Å². The maximum atomic E-state index is 14.5. The Morgan fingerprint density at radius 2 is 1.78 bits per heavy atom. The summed E-state index contributed by atoms with van der Waals surface area (Å²) < 4.78 is 29.9. The van der Waals surface area contributed by atoms with Crippen molar-refractivity contribution in [3.63, 3.8) is 0 Å². The second kappa shape index (κ2) is 5.94. The number of imidazole rings is 1. The highest BCUT2D eigenvalue weighted by atomic mass is 19.1. The summed E-state index contributed by atoms with van der Waals surface area (Å²) in [6, 6.07) is 11.4. The molecule has 3 aromatic rings. The maximum Gasteiger partial charge on any atom is 0.153 e. The minimum Gasteiger partial charge on any atom is -0.313 e. The van der Waals surface area contributed by atoms with Crippen molar-refractivity contribution in [2.24, 2.45) is 0 Å². The van der Waals surface area contributed by atoms with Crippen molar-refractivity contribution in [3.8, 4) is 11.1 Å². The fourth-order valence-electron chi connectivity index (χ4n) is 3.51. The number of hydrogen-bond donors (Lipinski definition) is 1. The first-order chi connectivity index (χ1) is 13.1. The summed E-state index contributed by atoms with van der Waals surface area (Å²) in [6.07, 6.45) is 6.15. The third-order valence-electron chi connectivity index (χ3n) is 5.03. The fraction of sp³-hybridized carbons (Fsp3) is 0.190. The van der Waals surface area contributed by atoms with Gasteiger partial charge in [-0.1, -0.05) is 18.2 Å². The molecule has 0 spiro atoms. The largest absolute Gasteiger partial charge is 0.313 e. The summed E-state index contributed by atoms with van der Waals surface area (Å²) in [7, 11) is 1.93. The Labute approximate surface area is 155 Å². The number of anilines is 1. The van der Waals surface area contributed by atoms with Gasteiger partial charge in [0, 0.05) is 30.4 Å². The van der Waals surface area contributed by atoms with Crippen molar-refractivity contribution in [1.82, 2.24) is 14.6 Å². The van der Waals surface area contributed by atoms with Crippen LogP contribution in [0.5, 0.6) is 0 Å². The van der Waals surface area contributed by atoms with Crippen LogP contribution in [0.3, 0.4) is 0 Å². The number of hydrazine groups is 1. The molecule has 1 N–H and O–H groups in total. The van der Waals surface area contributed by atoms with E-state index in [0.717, 1.165) is 22.6 Å². The molecule has 0 saturated heterocycles. The van der Waals surface area contributed by atoms with Crippen LogP contribution in [0.2, 0.25) is 0 Å². The highest BCUT2D eigenvalue weighted by molar-refractivity contribution is 5.86. The zero-order valence-corrected chi connectivity index (χ0v) is 14.8. The molecule has 0 bridgehead atoms. The highest BCUT2D eigenvalue weighted by Gasteiger charge is 2.30. The van der Waals surface area contributed by atoms with Crippen molar-refractivity contribution < 1.29 is 8.78 Å². The van der Waals surface area contributed by atoms with Gasteiger partial charge in [0.15, 0.2) is 5.82 Å². The number of nitrogens with zero attached hydrogens (tertiary/aromatic N) is 3. The molecule has 1 aliphatic heterocycles. The van der Waals surface area contributed by atoms with Gasteiger partial charge < -0.3 is 4.57 Å². The number of nitrogens with one attached hydrogen (secondary N) is 1. The summed E-state index contributed by atoms with van der Waals surface area (Å²) in [6.45, 7) is 0. The van der Waals surface area contributed by atoms with Crippen LogP contribution in [-0.4, -0.2) is 21.6 Å². The van der Waals surface area contributed by atoms with Crippen LogP contribution in [0.25, 0.3) is 16.7 Å². The topological polar surface area (TPSA) is 33.1 Å². The van der Waals surface area contributed by atoms with Crippen LogP contribution >= 0.6 is 0 Å². The highest BCUT2D eigenvalue weighted by Crippen LogP contribution is 2.42. The third-order valence-corrected chi connectivity index (χ3v) is 5.03. The van der Waals surface area contributed by atoms with E-state index in [1.165, 1.54) is 31.0 Å². The Morgan fingerprint density at radius 3 is 2.52 bits per heavy atom. The van der Waals surface area contributed by atoms with Gasteiger partial charge in [0.1, 0.15) is 17.3 Å². The van der Waals surface area contributed by atoms with Gasteiger partial charge in [-0.25, -0.2) is 13.8 Å². The van der Waals surface area contributed by atoms with E-state index in [4.69, 9.17) is 0 Å². The second-order valence-corrected chi connectivity index (χ2v) is 7.05. The summed E-state index contributed by atoms with van der Waals surface area (Å²) in [5, 5.41) is 1.89. The molecule has 0 radical (unpaired) electrons. The molecular weight excluding hydrogens is 346 g/mol. The van der Waals surface area contributed by atoms with Gasteiger partial charge in [-0.05, 0) is 48.2 Å². The average molecular weight is 364 g/mol. The number of benzene rings is 2. The SMILES string of the molecule is CN1C=C(c2ccc(F)c(-c3ccc(F)cc3)c2)c2ncn(C3CC3)c2N1. The monoisotopic (exact) mass is 364 g/mol. The van der Waals surface area contributed by atoms with Crippen molar-refractivity contribution in [2.75, 3.05) is 12.5 Å². The Morgan fingerprint density at radius 1 is 1.04 bits per heavy atom. The van der Waals surface area contributed by atoms with Crippen molar-refractivity contribution >= 4 is 11.4 Å². The lowest BCUT2D eigenvalue weighted by molar-refractivity contribution is 0.534. The Hall–Kier alpha value is -3.15. The van der Waals surface area contributed by atoms with E-state index in [1.54, 1.807) is 24.3 Å². The molecule has 136 valence electrons. The molecule has 1 aliphatic carbocycles. The van der Waals surface area contributed by atoms with E-state index in [0.29, 0.717) is 17.2 Å². The maximum absolute atomic E-state index is 14.5. The molecule has 2 aliphatic rings. The Bertz CT molecular complexity index is 1050. The minimum absolute atomic E-state index is 0.336. The van der Waals surface area contributed by atoms with Gasteiger partial charge in [-0.15, -0.1) is 0 Å². The first kappa shape index (κ1) is 16.1.